The Kier molecular flexibility index (Phi) is 3.67. The number of ether oxygens (including phenoxy) is 1. The molecular weight excluding hydrogens is 252 g/mol. The number of hydrogen-bond acceptors (Lipinski definition) is 3. The quantitative estimate of drug-likeness (QED) is 0.797. The van der Waals surface area contributed by atoms with E-state index in [0.29, 0.717) is 16.5 Å². The molecule has 0 N–H and O–H groups in total. The molecular formula is C13H13ClN2O2. The Morgan fingerprint density at radius 1 is 1.44 bits per heavy atom. The molecule has 0 bridgehead atoms. The molecule has 1 heterocycles. The highest BCUT2D eigenvalue weighted by Gasteiger charge is 2.18. The largest absolute Gasteiger partial charge is 0.493 e. The van der Waals surface area contributed by atoms with Gasteiger partial charge in [-0.25, -0.2) is 0 Å². The van der Waals surface area contributed by atoms with E-state index in [2.05, 4.69) is 5.10 Å². The van der Waals surface area contributed by atoms with Gasteiger partial charge in [0.05, 0.1) is 13.3 Å². The highest BCUT2D eigenvalue weighted by molar-refractivity contribution is 6.31. The van der Waals surface area contributed by atoms with E-state index >= 15 is 0 Å². The number of halogens is 1. The predicted octanol–water partition coefficient (Wildman–Crippen LogP) is 2.51. The molecule has 2 aromatic rings. The van der Waals surface area contributed by atoms with Crippen LogP contribution >= 0.6 is 11.6 Å². The van der Waals surface area contributed by atoms with Crippen LogP contribution in [0.2, 0.25) is 5.02 Å². The molecule has 0 saturated carbocycles. The number of aromatic nitrogens is 2. The van der Waals surface area contributed by atoms with E-state index in [0.717, 1.165) is 5.56 Å². The Hall–Kier alpha value is -1.81. The summed E-state index contributed by atoms with van der Waals surface area (Å²) >= 11 is 6.04. The summed E-state index contributed by atoms with van der Waals surface area (Å²) in [5.74, 6) is 0.412. The molecule has 4 nitrogen and oxygen atoms in total. The van der Waals surface area contributed by atoms with Crippen molar-refractivity contribution in [2.75, 3.05) is 7.11 Å². The van der Waals surface area contributed by atoms with E-state index < -0.39 is 0 Å². The van der Waals surface area contributed by atoms with Crippen LogP contribution in [0.25, 0.3) is 0 Å². The fourth-order valence-electron chi connectivity index (χ4n) is 1.78. The zero-order chi connectivity index (χ0) is 13.1. The monoisotopic (exact) mass is 264 g/mol. The molecule has 0 unspecified atom stereocenters. The van der Waals surface area contributed by atoms with Gasteiger partial charge in [0.15, 0.2) is 11.5 Å². The number of hydrogen-bond donors (Lipinski definition) is 0. The Bertz CT molecular complexity index is 578. The molecule has 0 saturated heterocycles. The van der Waals surface area contributed by atoms with Crippen LogP contribution in [0.15, 0.2) is 30.5 Å². The average Bonchev–Trinajstić information content (AvgIpc) is 2.73. The van der Waals surface area contributed by atoms with Crippen LogP contribution in [0.5, 0.6) is 5.75 Å². The van der Waals surface area contributed by atoms with Crippen molar-refractivity contribution in [2.24, 2.45) is 7.05 Å². The summed E-state index contributed by atoms with van der Waals surface area (Å²) in [4.78, 5) is 12.2. The minimum atomic E-state index is -0.0695. The lowest BCUT2D eigenvalue weighted by Crippen LogP contribution is -2.11. The van der Waals surface area contributed by atoms with E-state index in [-0.39, 0.29) is 12.2 Å². The van der Waals surface area contributed by atoms with Gasteiger partial charge in [-0.2, -0.15) is 5.10 Å². The predicted molar refractivity (Wildman–Crippen MR) is 69.2 cm³/mol. The van der Waals surface area contributed by atoms with Crippen molar-refractivity contribution in [3.05, 3.63) is 46.7 Å². The maximum Gasteiger partial charge on any atom is 0.189 e. The van der Waals surface area contributed by atoms with Gasteiger partial charge in [-0.15, -0.1) is 0 Å². The summed E-state index contributed by atoms with van der Waals surface area (Å²) in [6.07, 6.45) is 1.76. The fraction of sp³-hybridized carbons (Fsp3) is 0.231. The van der Waals surface area contributed by atoms with Crippen molar-refractivity contribution >= 4 is 17.4 Å². The molecule has 0 aliphatic heterocycles. The molecule has 18 heavy (non-hydrogen) atoms. The summed E-state index contributed by atoms with van der Waals surface area (Å²) < 4.78 is 6.63. The number of carbonyl (C=O) groups excluding carboxylic acids is 1. The molecule has 0 amide bonds. The minimum absolute atomic E-state index is 0.0695. The van der Waals surface area contributed by atoms with Crippen molar-refractivity contribution in [3.8, 4) is 5.75 Å². The van der Waals surface area contributed by atoms with E-state index in [4.69, 9.17) is 16.3 Å². The van der Waals surface area contributed by atoms with Crippen LogP contribution in [-0.4, -0.2) is 22.7 Å². The molecule has 0 fully saturated rings. The zero-order valence-electron chi connectivity index (χ0n) is 10.2. The number of Topliss-reactive ketones (excluding diaryl/α,β-unsaturated/α-hetero) is 1. The third-order valence-electron chi connectivity index (χ3n) is 2.70. The number of aryl methyl sites for hydroxylation is 1. The maximum absolute atomic E-state index is 12.2. The molecule has 2 rings (SSSR count). The molecule has 0 aliphatic rings. The van der Waals surface area contributed by atoms with Gasteiger partial charge >= 0.3 is 0 Å². The number of benzene rings is 1. The van der Waals surface area contributed by atoms with Gasteiger partial charge in [-0.3, -0.25) is 9.48 Å². The number of methoxy groups -OCH3 is 1. The smallest absolute Gasteiger partial charge is 0.189 e. The maximum atomic E-state index is 12.2. The first-order chi connectivity index (χ1) is 8.63. The summed E-state index contributed by atoms with van der Waals surface area (Å²) in [6, 6.07) is 7.30. The average molecular weight is 265 g/mol. The van der Waals surface area contributed by atoms with Crippen LogP contribution < -0.4 is 4.74 Å². The van der Waals surface area contributed by atoms with Gasteiger partial charge in [0.1, 0.15) is 5.69 Å². The van der Waals surface area contributed by atoms with E-state index in [1.807, 2.05) is 18.2 Å². The SMILES string of the molecule is COc1cnn(C)c1C(=O)Cc1ccccc1Cl. The van der Waals surface area contributed by atoms with Gasteiger partial charge in [0.25, 0.3) is 0 Å². The Balaban J connectivity index is 2.28. The zero-order valence-corrected chi connectivity index (χ0v) is 10.9. The van der Waals surface area contributed by atoms with Crippen molar-refractivity contribution in [2.45, 2.75) is 6.42 Å². The second-order valence-electron chi connectivity index (χ2n) is 3.88. The van der Waals surface area contributed by atoms with E-state index in [9.17, 15) is 4.79 Å². The topological polar surface area (TPSA) is 44.1 Å². The summed E-state index contributed by atoms with van der Waals surface area (Å²) in [7, 11) is 3.23. The summed E-state index contributed by atoms with van der Waals surface area (Å²) in [6.45, 7) is 0. The first kappa shape index (κ1) is 12.6. The molecule has 0 spiro atoms. The molecule has 1 aromatic heterocycles. The van der Waals surface area contributed by atoms with Gasteiger partial charge in [-0.1, -0.05) is 29.8 Å². The lowest BCUT2D eigenvalue weighted by molar-refractivity contribution is 0.0981. The molecule has 0 aliphatic carbocycles. The van der Waals surface area contributed by atoms with E-state index in [1.54, 1.807) is 13.1 Å². The number of ketones is 1. The molecule has 0 atom stereocenters. The molecule has 0 radical (unpaired) electrons. The lowest BCUT2D eigenvalue weighted by atomic mass is 10.1. The first-order valence-electron chi connectivity index (χ1n) is 5.46. The lowest BCUT2D eigenvalue weighted by Gasteiger charge is -2.06. The number of rotatable bonds is 4. The van der Waals surface area contributed by atoms with Gasteiger partial charge in [-0.05, 0) is 11.6 Å². The minimum Gasteiger partial charge on any atom is -0.493 e. The highest BCUT2D eigenvalue weighted by atomic mass is 35.5. The standard InChI is InChI=1S/C13H13ClN2O2/c1-16-13(12(18-2)8-15-16)11(17)7-9-5-3-4-6-10(9)14/h3-6,8H,7H2,1-2H3. The molecule has 1 aromatic carbocycles. The number of carbonyl (C=O) groups is 1. The van der Waals surface area contributed by atoms with Crippen molar-refractivity contribution < 1.29 is 9.53 Å². The first-order valence-corrected chi connectivity index (χ1v) is 5.84. The van der Waals surface area contributed by atoms with Crippen LogP contribution in [-0.2, 0) is 13.5 Å². The van der Waals surface area contributed by atoms with Crippen LogP contribution in [0.1, 0.15) is 16.1 Å². The Labute approximate surface area is 110 Å². The third kappa shape index (κ3) is 2.38. The van der Waals surface area contributed by atoms with Crippen LogP contribution in [0, 0.1) is 0 Å². The van der Waals surface area contributed by atoms with Crippen molar-refractivity contribution in [1.29, 1.82) is 0 Å². The van der Waals surface area contributed by atoms with E-state index in [1.165, 1.54) is 18.0 Å². The van der Waals surface area contributed by atoms with Gasteiger partial charge < -0.3 is 4.74 Å². The third-order valence-corrected chi connectivity index (χ3v) is 3.07. The van der Waals surface area contributed by atoms with Gasteiger partial charge in [0, 0.05) is 18.5 Å². The molecule has 5 heteroatoms. The normalized spacial score (nSPS) is 10.4. The number of nitrogens with zero attached hydrogens (tertiary/aromatic N) is 2. The van der Waals surface area contributed by atoms with Crippen molar-refractivity contribution in [3.63, 3.8) is 0 Å². The Morgan fingerprint density at radius 2 is 2.17 bits per heavy atom. The Morgan fingerprint density at radius 3 is 2.83 bits per heavy atom. The van der Waals surface area contributed by atoms with Gasteiger partial charge in [0.2, 0.25) is 0 Å². The summed E-state index contributed by atoms with van der Waals surface area (Å²) in [5.41, 5.74) is 1.25. The van der Waals surface area contributed by atoms with Crippen LogP contribution in [0.3, 0.4) is 0 Å². The highest BCUT2D eigenvalue weighted by Crippen LogP contribution is 2.21. The summed E-state index contributed by atoms with van der Waals surface area (Å²) in [5, 5.41) is 4.60. The van der Waals surface area contributed by atoms with Crippen molar-refractivity contribution in [1.82, 2.24) is 9.78 Å². The fourth-order valence-corrected chi connectivity index (χ4v) is 1.99. The van der Waals surface area contributed by atoms with Crippen LogP contribution in [0.4, 0.5) is 0 Å². The second kappa shape index (κ2) is 5.23. The second-order valence-corrected chi connectivity index (χ2v) is 4.28. The molecule has 94 valence electrons.